The van der Waals surface area contributed by atoms with Crippen LogP contribution in [0.25, 0.3) is 0 Å². The number of esters is 1. The highest BCUT2D eigenvalue weighted by atomic mass is 35.5. The number of hydrogen-bond acceptors (Lipinski definition) is 5. The highest BCUT2D eigenvalue weighted by Gasteiger charge is 2.17. The van der Waals surface area contributed by atoms with Gasteiger partial charge < -0.3 is 10.1 Å². The van der Waals surface area contributed by atoms with Gasteiger partial charge in [-0.15, -0.1) is 0 Å². The van der Waals surface area contributed by atoms with Crippen molar-refractivity contribution in [3.63, 3.8) is 0 Å². The molecule has 7 nitrogen and oxygen atoms in total. The first-order chi connectivity index (χ1) is 10.8. The van der Waals surface area contributed by atoms with Crippen molar-refractivity contribution < 1.29 is 22.7 Å². The Hall–Kier alpha value is -1.64. The second-order valence-corrected chi connectivity index (χ2v) is 6.90. The zero-order valence-corrected chi connectivity index (χ0v) is 14.5. The van der Waals surface area contributed by atoms with Gasteiger partial charge in [-0.25, -0.2) is 8.42 Å². The molecule has 9 heteroatoms. The molecule has 1 rings (SSSR count). The Bertz CT molecular complexity index is 676. The van der Waals surface area contributed by atoms with Gasteiger partial charge in [0.1, 0.15) is 6.54 Å². The number of amides is 1. The number of rotatable bonds is 8. The second-order valence-electron chi connectivity index (χ2n) is 4.72. The topological polar surface area (TPSA) is 102 Å². The number of hydrogen-bond donors (Lipinski definition) is 2. The number of nitrogens with one attached hydrogen (secondary N) is 2. The predicted octanol–water partition coefficient (Wildman–Crippen LogP) is 1.92. The molecule has 0 heterocycles. The van der Waals surface area contributed by atoms with E-state index in [-0.39, 0.29) is 22.4 Å². The molecule has 1 aromatic carbocycles. The first-order valence-corrected chi connectivity index (χ1v) is 8.84. The number of unbranched alkanes of at least 4 members (excludes halogenated alkanes) is 1. The number of ether oxygens (including phenoxy) is 1. The van der Waals surface area contributed by atoms with Gasteiger partial charge in [-0.3, -0.25) is 9.59 Å². The summed E-state index contributed by atoms with van der Waals surface area (Å²) in [5, 5.41) is 2.55. The van der Waals surface area contributed by atoms with Crippen molar-refractivity contribution in [2.75, 3.05) is 18.5 Å². The number of anilines is 1. The monoisotopic (exact) mass is 362 g/mol. The van der Waals surface area contributed by atoms with E-state index in [1.165, 1.54) is 25.1 Å². The van der Waals surface area contributed by atoms with Gasteiger partial charge in [0, 0.05) is 6.92 Å². The summed E-state index contributed by atoms with van der Waals surface area (Å²) in [5.41, 5.74) is 0.303. The lowest BCUT2D eigenvalue weighted by Crippen LogP contribution is -2.30. The Labute approximate surface area is 140 Å². The summed E-state index contributed by atoms with van der Waals surface area (Å²) in [7, 11) is -3.90. The van der Waals surface area contributed by atoms with Crippen LogP contribution in [-0.2, 0) is 24.3 Å². The third kappa shape index (κ3) is 6.55. The number of carbonyl (C=O) groups is 2. The number of carbonyl (C=O) groups excluding carboxylic acids is 2. The lowest BCUT2D eigenvalue weighted by Gasteiger charge is -2.09. The Morgan fingerprint density at radius 1 is 1.30 bits per heavy atom. The molecule has 0 aliphatic heterocycles. The molecular weight excluding hydrogens is 344 g/mol. The number of sulfonamides is 1. The van der Waals surface area contributed by atoms with E-state index in [4.69, 9.17) is 16.3 Å². The van der Waals surface area contributed by atoms with E-state index in [9.17, 15) is 18.0 Å². The highest BCUT2D eigenvalue weighted by Crippen LogP contribution is 2.25. The van der Waals surface area contributed by atoms with Gasteiger partial charge in [-0.1, -0.05) is 24.9 Å². The SMILES string of the molecule is CCCCOC(=O)CNS(=O)(=O)c1ccc(NC(C)=O)c(Cl)c1. The van der Waals surface area contributed by atoms with Crippen LogP contribution in [0.4, 0.5) is 5.69 Å². The number of halogens is 1. The van der Waals surface area contributed by atoms with E-state index in [0.29, 0.717) is 5.69 Å². The molecule has 23 heavy (non-hydrogen) atoms. The van der Waals surface area contributed by atoms with E-state index >= 15 is 0 Å². The van der Waals surface area contributed by atoms with Crippen molar-refractivity contribution in [1.82, 2.24) is 4.72 Å². The Balaban J connectivity index is 2.71. The largest absolute Gasteiger partial charge is 0.465 e. The van der Waals surface area contributed by atoms with Gasteiger partial charge in [0.25, 0.3) is 0 Å². The van der Waals surface area contributed by atoms with Crippen molar-refractivity contribution in [2.24, 2.45) is 0 Å². The molecule has 0 aliphatic carbocycles. The van der Waals surface area contributed by atoms with Gasteiger partial charge in [-0.05, 0) is 24.6 Å². The maximum absolute atomic E-state index is 12.1. The molecule has 0 bridgehead atoms. The summed E-state index contributed by atoms with van der Waals surface area (Å²) in [4.78, 5) is 22.3. The lowest BCUT2D eigenvalue weighted by atomic mass is 10.3. The van der Waals surface area contributed by atoms with Crippen LogP contribution in [0.15, 0.2) is 23.1 Å². The molecule has 0 saturated heterocycles. The molecule has 0 saturated carbocycles. The molecule has 0 unspecified atom stereocenters. The van der Waals surface area contributed by atoms with Crippen LogP contribution in [0.3, 0.4) is 0 Å². The Kier molecular flexibility index (Phi) is 7.47. The van der Waals surface area contributed by atoms with Crippen LogP contribution in [0.5, 0.6) is 0 Å². The molecule has 0 atom stereocenters. The average Bonchev–Trinajstić information content (AvgIpc) is 2.47. The van der Waals surface area contributed by atoms with Gasteiger partial charge >= 0.3 is 5.97 Å². The van der Waals surface area contributed by atoms with Gasteiger partial charge in [0.15, 0.2) is 0 Å². The van der Waals surface area contributed by atoms with Crippen LogP contribution in [0, 0.1) is 0 Å². The molecule has 1 amide bonds. The third-order valence-corrected chi connectivity index (χ3v) is 4.44. The van der Waals surface area contributed by atoms with Gasteiger partial charge in [0.05, 0.1) is 22.2 Å². The minimum atomic E-state index is -3.90. The minimum Gasteiger partial charge on any atom is -0.465 e. The van der Waals surface area contributed by atoms with Crippen LogP contribution in [-0.4, -0.2) is 33.4 Å². The smallest absolute Gasteiger partial charge is 0.321 e. The normalized spacial score (nSPS) is 11.1. The zero-order valence-electron chi connectivity index (χ0n) is 12.9. The van der Waals surface area contributed by atoms with Gasteiger partial charge in [-0.2, -0.15) is 4.72 Å². The molecule has 0 aromatic heterocycles. The summed E-state index contributed by atoms with van der Waals surface area (Å²) in [6, 6.07) is 3.84. The quantitative estimate of drug-likeness (QED) is 0.543. The zero-order chi connectivity index (χ0) is 17.5. The molecule has 1 aromatic rings. The lowest BCUT2D eigenvalue weighted by molar-refractivity contribution is -0.142. The van der Waals surface area contributed by atoms with E-state index in [0.717, 1.165) is 12.8 Å². The van der Waals surface area contributed by atoms with E-state index in [1.807, 2.05) is 6.92 Å². The van der Waals surface area contributed by atoms with Crippen molar-refractivity contribution in [3.05, 3.63) is 23.2 Å². The van der Waals surface area contributed by atoms with E-state index in [2.05, 4.69) is 10.0 Å². The molecule has 0 aliphatic rings. The maximum Gasteiger partial charge on any atom is 0.321 e. The molecule has 0 spiro atoms. The fourth-order valence-electron chi connectivity index (χ4n) is 1.57. The predicted molar refractivity (Wildman–Crippen MR) is 86.8 cm³/mol. The molecule has 2 N–H and O–H groups in total. The van der Waals surface area contributed by atoms with Crippen LogP contribution >= 0.6 is 11.6 Å². The van der Waals surface area contributed by atoms with Crippen LogP contribution in [0.2, 0.25) is 5.02 Å². The van der Waals surface area contributed by atoms with Crippen molar-refractivity contribution in [3.8, 4) is 0 Å². The van der Waals surface area contributed by atoms with E-state index in [1.54, 1.807) is 0 Å². The summed E-state index contributed by atoms with van der Waals surface area (Å²) < 4.78 is 31.2. The molecular formula is C14H19ClN2O5S. The molecule has 0 radical (unpaired) electrons. The molecule has 128 valence electrons. The third-order valence-electron chi connectivity index (χ3n) is 2.73. The van der Waals surface area contributed by atoms with Crippen LogP contribution in [0.1, 0.15) is 26.7 Å². The summed E-state index contributed by atoms with van der Waals surface area (Å²) in [6.45, 7) is 3.06. The van der Waals surface area contributed by atoms with Crippen LogP contribution < -0.4 is 10.0 Å². The first-order valence-electron chi connectivity index (χ1n) is 6.98. The van der Waals surface area contributed by atoms with E-state index < -0.39 is 22.5 Å². The fraction of sp³-hybridized carbons (Fsp3) is 0.429. The summed E-state index contributed by atoms with van der Waals surface area (Å²) in [6.07, 6.45) is 1.59. The Morgan fingerprint density at radius 2 is 2.00 bits per heavy atom. The standard InChI is InChI=1S/C14H19ClN2O5S/c1-3-4-7-22-14(19)9-16-23(20,21)11-5-6-13(12(15)8-11)17-10(2)18/h5-6,8,16H,3-4,7,9H2,1-2H3,(H,17,18). The number of benzene rings is 1. The fourth-order valence-corrected chi connectivity index (χ4v) is 2.86. The highest BCUT2D eigenvalue weighted by molar-refractivity contribution is 7.89. The van der Waals surface area contributed by atoms with Crippen molar-refractivity contribution >= 4 is 39.2 Å². The van der Waals surface area contributed by atoms with Gasteiger partial charge in [0.2, 0.25) is 15.9 Å². The maximum atomic E-state index is 12.1. The Morgan fingerprint density at radius 3 is 2.57 bits per heavy atom. The summed E-state index contributed by atoms with van der Waals surface area (Å²) >= 11 is 5.93. The van der Waals surface area contributed by atoms with Crippen molar-refractivity contribution in [1.29, 1.82) is 0 Å². The average molecular weight is 363 g/mol. The summed E-state index contributed by atoms with van der Waals surface area (Å²) in [5.74, 6) is -0.974. The molecule has 0 fully saturated rings. The van der Waals surface area contributed by atoms with Crippen molar-refractivity contribution in [2.45, 2.75) is 31.6 Å². The first kappa shape index (κ1) is 19.4. The minimum absolute atomic E-state index is 0.0774. The second kappa shape index (κ2) is 8.85.